The largest absolute Gasteiger partial charge is 0.357 e. The molecule has 1 heterocycles. The zero-order chi connectivity index (χ0) is 9.52. The highest BCUT2D eigenvalue weighted by molar-refractivity contribution is 4.61. The number of likely N-dealkylation sites (tertiary alicyclic amines) is 1. The first-order valence-electron chi connectivity index (χ1n) is 5.99. The summed E-state index contributed by atoms with van der Waals surface area (Å²) in [6, 6.07) is 0. The molecular weight excluding hydrogens is 160 g/mol. The molecule has 2 nitrogen and oxygen atoms in total. The molecule has 0 bridgehead atoms. The predicted molar refractivity (Wildman–Crippen MR) is 55.6 cm³/mol. The van der Waals surface area contributed by atoms with E-state index in [4.69, 9.17) is 0 Å². The van der Waals surface area contributed by atoms with E-state index in [9.17, 15) is 0 Å². The van der Waals surface area contributed by atoms with Gasteiger partial charge in [-0.25, -0.2) is 0 Å². The fourth-order valence-electron chi connectivity index (χ4n) is 2.41. The van der Waals surface area contributed by atoms with Crippen molar-refractivity contribution in [2.24, 2.45) is 5.92 Å². The van der Waals surface area contributed by atoms with Crippen LogP contribution in [0.5, 0.6) is 0 Å². The number of rotatable bonds is 5. The standard InChI is InChI=1S/C11H24N2/c1-2-4-11-5-9-13(10-6-11)8-3-7-12/h11H,2-10,12H2,1H3/p+2. The van der Waals surface area contributed by atoms with E-state index >= 15 is 0 Å². The van der Waals surface area contributed by atoms with Crippen molar-refractivity contribution in [3.05, 3.63) is 0 Å². The molecule has 0 spiro atoms. The molecule has 1 aliphatic heterocycles. The molecule has 1 saturated heterocycles. The summed E-state index contributed by atoms with van der Waals surface area (Å²) in [4.78, 5) is 1.83. The van der Waals surface area contributed by atoms with Crippen molar-refractivity contribution in [3.63, 3.8) is 0 Å². The Hall–Kier alpha value is -0.0800. The molecule has 2 heteroatoms. The number of hydrogen-bond donors (Lipinski definition) is 2. The Labute approximate surface area is 82.5 Å². The molecule has 0 aromatic rings. The Morgan fingerprint density at radius 3 is 2.54 bits per heavy atom. The highest BCUT2D eigenvalue weighted by atomic mass is 15.1. The molecule has 0 saturated carbocycles. The molecule has 0 aromatic heterocycles. The summed E-state index contributed by atoms with van der Waals surface area (Å²) in [6.45, 7) is 7.63. The third-order valence-electron chi connectivity index (χ3n) is 3.29. The van der Waals surface area contributed by atoms with Gasteiger partial charge in [-0.15, -0.1) is 0 Å². The topological polar surface area (TPSA) is 32.1 Å². The summed E-state index contributed by atoms with van der Waals surface area (Å²) in [5.41, 5.74) is 3.90. The average molecular weight is 186 g/mol. The lowest BCUT2D eigenvalue weighted by molar-refractivity contribution is -0.907. The molecular formula is C11H26N2+2. The van der Waals surface area contributed by atoms with Gasteiger partial charge in [-0.1, -0.05) is 19.8 Å². The van der Waals surface area contributed by atoms with Crippen molar-refractivity contribution in [3.8, 4) is 0 Å². The van der Waals surface area contributed by atoms with Gasteiger partial charge in [0, 0.05) is 6.42 Å². The van der Waals surface area contributed by atoms with Crippen LogP contribution in [0, 0.1) is 5.92 Å². The van der Waals surface area contributed by atoms with Crippen LogP contribution in [0.3, 0.4) is 0 Å². The normalized spacial score (nSPS) is 29.1. The van der Waals surface area contributed by atoms with Crippen molar-refractivity contribution < 1.29 is 10.6 Å². The van der Waals surface area contributed by atoms with Gasteiger partial charge in [-0.2, -0.15) is 0 Å². The van der Waals surface area contributed by atoms with E-state index < -0.39 is 0 Å². The maximum Gasteiger partial charge on any atom is 0.0825 e. The lowest BCUT2D eigenvalue weighted by Crippen LogP contribution is -3.13. The number of hydrogen-bond acceptors (Lipinski definition) is 0. The monoisotopic (exact) mass is 186 g/mol. The molecule has 0 aliphatic carbocycles. The molecule has 1 aliphatic rings. The van der Waals surface area contributed by atoms with E-state index in [-0.39, 0.29) is 0 Å². The Kier molecular flexibility index (Phi) is 5.40. The van der Waals surface area contributed by atoms with Gasteiger partial charge in [0.1, 0.15) is 0 Å². The molecule has 13 heavy (non-hydrogen) atoms. The molecule has 0 radical (unpaired) electrons. The van der Waals surface area contributed by atoms with E-state index in [0.717, 1.165) is 12.5 Å². The van der Waals surface area contributed by atoms with Gasteiger partial charge in [-0.3, -0.25) is 0 Å². The van der Waals surface area contributed by atoms with Crippen LogP contribution in [0.15, 0.2) is 0 Å². The van der Waals surface area contributed by atoms with Crippen LogP contribution in [0.4, 0.5) is 0 Å². The second kappa shape index (κ2) is 6.39. The summed E-state index contributed by atoms with van der Waals surface area (Å²) in [7, 11) is 0. The van der Waals surface area contributed by atoms with Gasteiger partial charge in [0.15, 0.2) is 0 Å². The molecule has 0 unspecified atom stereocenters. The Morgan fingerprint density at radius 2 is 2.00 bits per heavy atom. The summed E-state index contributed by atoms with van der Waals surface area (Å²) in [5.74, 6) is 1.05. The van der Waals surface area contributed by atoms with Crippen molar-refractivity contribution in [2.45, 2.75) is 39.0 Å². The minimum Gasteiger partial charge on any atom is -0.357 e. The molecule has 78 valence electrons. The fraction of sp³-hybridized carbons (Fsp3) is 1.00. The zero-order valence-electron chi connectivity index (χ0n) is 9.15. The van der Waals surface area contributed by atoms with Crippen molar-refractivity contribution >= 4 is 0 Å². The van der Waals surface area contributed by atoms with Crippen LogP contribution in [-0.2, 0) is 0 Å². The minimum absolute atomic E-state index is 1.05. The van der Waals surface area contributed by atoms with Crippen LogP contribution >= 0.6 is 0 Å². The Morgan fingerprint density at radius 1 is 1.31 bits per heavy atom. The van der Waals surface area contributed by atoms with Gasteiger partial charge < -0.3 is 10.6 Å². The van der Waals surface area contributed by atoms with E-state index in [1.165, 1.54) is 51.7 Å². The smallest absolute Gasteiger partial charge is 0.0825 e. The third-order valence-corrected chi connectivity index (χ3v) is 3.29. The van der Waals surface area contributed by atoms with Crippen LogP contribution < -0.4 is 10.6 Å². The van der Waals surface area contributed by atoms with Gasteiger partial charge in [0.25, 0.3) is 0 Å². The third kappa shape index (κ3) is 4.10. The molecule has 4 N–H and O–H groups in total. The van der Waals surface area contributed by atoms with Crippen molar-refractivity contribution in [2.75, 3.05) is 26.2 Å². The lowest BCUT2D eigenvalue weighted by atomic mass is 9.92. The number of nitrogens with one attached hydrogen (secondary N) is 1. The van der Waals surface area contributed by atoms with Crippen molar-refractivity contribution in [1.82, 2.24) is 0 Å². The first-order valence-corrected chi connectivity index (χ1v) is 5.99. The first-order chi connectivity index (χ1) is 6.36. The zero-order valence-corrected chi connectivity index (χ0v) is 9.15. The first kappa shape index (κ1) is 11.0. The molecule has 0 atom stereocenters. The number of quaternary nitrogens is 2. The quantitative estimate of drug-likeness (QED) is 0.592. The predicted octanol–water partition coefficient (Wildman–Crippen LogP) is -0.287. The molecule has 0 aromatic carbocycles. The summed E-state index contributed by atoms with van der Waals surface area (Å²) < 4.78 is 0. The van der Waals surface area contributed by atoms with Crippen LogP contribution in [0.25, 0.3) is 0 Å². The van der Waals surface area contributed by atoms with Gasteiger partial charge >= 0.3 is 0 Å². The average Bonchev–Trinajstić information content (AvgIpc) is 2.17. The van der Waals surface area contributed by atoms with E-state index in [2.05, 4.69) is 12.7 Å². The van der Waals surface area contributed by atoms with E-state index in [1.807, 2.05) is 4.90 Å². The Balaban J connectivity index is 2.08. The molecule has 1 rings (SSSR count). The second-order valence-electron chi connectivity index (χ2n) is 4.44. The summed E-state index contributed by atoms with van der Waals surface area (Å²) in [6.07, 6.45) is 7.09. The van der Waals surface area contributed by atoms with Crippen molar-refractivity contribution in [1.29, 1.82) is 0 Å². The maximum absolute atomic E-state index is 3.90. The van der Waals surface area contributed by atoms with Crippen LogP contribution in [0.2, 0.25) is 0 Å². The summed E-state index contributed by atoms with van der Waals surface area (Å²) >= 11 is 0. The van der Waals surface area contributed by atoms with Gasteiger partial charge in [0.2, 0.25) is 0 Å². The molecule has 1 fully saturated rings. The van der Waals surface area contributed by atoms with Crippen LogP contribution in [0.1, 0.15) is 39.0 Å². The van der Waals surface area contributed by atoms with Gasteiger partial charge in [-0.05, 0) is 18.8 Å². The van der Waals surface area contributed by atoms with Gasteiger partial charge in [0.05, 0.1) is 26.2 Å². The SMILES string of the molecule is CCCC1CC[NH+](CCC[NH3+])CC1. The van der Waals surface area contributed by atoms with Crippen LogP contribution in [-0.4, -0.2) is 26.2 Å². The summed E-state index contributed by atoms with van der Waals surface area (Å²) in [5, 5.41) is 0. The highest BCUT2D eigenvalue weighted by Crippen LogP contribution is 2.15. The Bertz CT molecular complexity index is 117. The minimum atomic E-state index is 1.05. The van der Waals surface area contributed by atoms with E-state index in [1.54, 1.807) is 0 Å². The van der Waals surface area contributed by atoms with E-state index in [0.29, 0.717) is 0 Å². The fourth-order valence-corrected chi connectivity index (χ4v) is 2.41. The lowest BCUT2D eigenvalue weighted by Gasteiger charge is -2.28. The second-order valence-corrected chi connectivity index (χ2v) is 4.44. The highest BCUT2D eigenvalue weighted by Gasteiger charge is 2.20. The molecule has 0 amide bonds. The number of piperidine rings is 1. The maximum atomic E-state index is 3.90.